The van der Waals surface area contributed by atoms with Crippen LogP contribution in [0, 0.1) is 5.92 Å². The zero-order valence-electron chi connectivity index (χ0n) is 16.9. The molecule has 0 radical (unpaired) electrons. The first-order chi connectivity index (χ1) is 13.6. The van der Waals surface area contributed by atoms with Crippen molar-refractivity contribution in [3.8, 4) is 0 Å². The molecule has 1 amide bonds. The molecule has 0 saturated carbocycles. The molecule has 1 heterocycles. The van der Waals surface area contributed by atoms with Gasteiger partial charge < -0.3 is 4.90 Å². The van der Waals surface area contributed by atoms with Gasteiger partial charge in [0.05, 0.1) is 0 Å². The Kier molecular flexibility index (Phi) is 5.47. The van der Waals surface area contributed by atoms with Crippen LogP contribution in [0.4, 0.5) is 0 Å². The maximum Gasteiger partial charge on any atom is 0.222 e. The van der Waals surface area contributed by atoms with Crippen molar-refractivity contribution in [2.24, 2.45) is 5.92 Å². The van der Waals surface area contributed by atoms with Crippen molar-refractivity contribution >= 4 is 23.6 Å². The Bertz CT molecular complexity index is 873. The number of nitrogens with zero attached hydrogens (tertiary/aromatic N) is 1. The number of amides is 1. The summed E-state index contributed by atoms with van der Waals surface area (Å²) in [6.45, 7) is 6.04. The summed E-state index contributed by atoms with van der Waals surface area (Å²) in [4.78, 5) is 14.6. The van der Waals surface area contributed by atoms with Gasteiger partial charge in [0, 0.05) is 19.5 Å². The van der Waals surface area contributed by atoms with Gasteiger partial charge in [-0.05, 0) is 53.0 Å². The van der Waals surface area contributed by atoms with Crippen molar-refractivity contribution in [3.05, 3.63) is 76.4 Å². The minimum Gasteiger partial charge on any atom is -0.342 e. The number of carbonyl (C=O) groups excluding carboxylic acids is 1. The zero-order valence-corrected chi connectivity index (χ0v) is 16.9. The number of benzene rings is 2. The van der Waals surface area contributed by atoms with E-state index < -0.39 is 0 Å². The summed E-state index contributed by atoms with van der Waals surface area (Å²) < 4.78 is 0. The predicted molar refractivity (Wildman–Crippen MR) is 118 cm³/mol. The van der Waals surface area contributed by atoms with Gasteiger partial charge in [0.2, 0.25) is 5.91 Å². The lowest BCUT2D eigenvalue weighted by Gasteiger charge is -2.31. The van der Waals surface area contributed by atoms with Crippen LogP contribution in [0.1, 0.15) is 61.8 Å². The summed E-state index contributed by atoms with van der Waals surface area (Å²) in [5, 5.41) is 0. The average molecular weight is 372 g/mol. The topological polar surface area (TPSA) is 20.3 Å². The molecule has 2 aliphatic rings. The van der Waals surface area contributed by atoms with Crippen LogP contribution < -0.4 is 0 Å². The molecule has 1 saturated heterocycles. The molecule has 0 N–H and O–H groups in total. The number of carbonyl (C=O) groups is 1. The zero-order chi connectivity index (χ0) is 19.5. The molecule has 2 aromatic rings. The van der Waals surface area contributed by atoms with Crippen LogP contribution in [-0.2, 0) is 4.79 Å². The molecular formula is C26H29NO. The van der Waals surface area contributed by atoms with Gasteiger partial charge >= 0.3 is 0 Å². The summed E-state index contributed by atoms with van der Waals surface area (Å²) in [6, 6.07) is 17.4. The lowest BCUT2D eigenvalue weighted by molar-refractivity contribution is -0.131. The second-order valence-electron chi connectivity index (χ2n) is 8.30. The fourth-order valence-electron chi connectivity index (χ4n) is 4.29. The molecule has 1 aliphatic heterocycles. The van der Waals surface area contributed by atoms with Gasteiger partial charge in [0.1, 0.15) is 0 Å². The molecule has 0 spiro atoms. The molecule has 1 aliphatic carbocycles. The number of fused-ring (bicyclic) bond motifs is 2. The van der Waals surface area contributed by atoms with Crippen LogP contribution in [0.5, 0.6) is 0 Å². The van der Waals surface area contributed by atoms with E-state index in [1.807, 2.05) is 0 Å². The minimum absolute atomic E-state index is 0.320. The van der Waals surface area contributed by atoms with Gasteiger partial charge in [-0.1, -0.05) is 80.1 Å². The van der Waals surface area contributed by atoms with Gasteiger partial charge in [-0.25, -0.2) is 0 Å². The molecule has 0 atom stereocenters. The van der Waals surface area contributed by atoms with Gasteiger partial charge in [-0.2, -0.15) is 0 Å². The number of piperidine rings is 1. The van der Waals surface area contributed by atoms with Crippen molar-refractivity contribution in [2.75, 3.05) is 13.1 Å². The summed E-state index contributed by atoms with van der Waals surface area (Å²) in [6.07, 6.45) is 8.05. The van der Waals surface area contributed by atoms with Gasteiger partial charge in [0.25, 0.3) is 0 Å². The highest BCUT2D eigenvalue weighted by Gasteiger charge is 2.24. The van der Waals surface area contributed by atoms with E-state index in [-0.39, 0.29) is 0 Å². The second-order valence-corrected chi connectivity index (χ2v) is 8.30. The van der Waals surface area contributed by atoms with Crippen molar-refractivity contribution in [3.63, 3.8) is 0 Å². The predicted octanol–water partition coefficient (Wildman–Crippen LogP) is 6.03. The van der Waals surface area contributed by atoms with Crippen LogP contribution >= 0.6 is 0 Å². The molecule has 0 unspecified atom stereocenters. The summed E-state index contributed by atoms with van der Waals surface area (Å²) in [7, 11) is 0. The molecule has 0 bridgehead atoms. The van der Waals surface area contributed by atoms with E-state index in [1.54, 1.807) is 0 Å². The fraction of sp³-hybridized carbons (Fsp3) is 0.346. The Balaban J connectivity index is 1.65. The van der Waals surface area contributed by atoms with E-state index in [9.17, 15) is 4.79 Å². The molecule has 4 rings (SSSR count). The smallest absolute Gasteiger partial charge is 0.222 e. The first-order valence-corrected chi connectivity index (χ1v) is 10.5. The quantitative estimate of drug-likeness (QED) is 0.550. The molecule has 0 aromatic heterocycles. The Morgan fingerprint density at radius 1 is 0.893 bits per heavy atom. The van der Waals surface area contributed by atoms with Crippen molar-refractivity contribution < 1.29 is 4.79 Å². The van der Waals surface area contributed by atoms with Crippen molar-refractivity contribution in [1.82, 2.24) is 4.90 Å². The summed E-state index contributed by atoms with van der Waals surface area (Å²) in [5.74, 6) is 0.902. The summed E-state index contributed by atoms with van der Waals surface area (Å²) >= 11 is 0. The average Bonchev–Trinajstić information content (AvgIpc) is 2.89. The first kappa shape index (κ1) is 18.7. The van der Waals surface area contributed by atoms with Crippen LogP contribution in [0.3, 0.4) is 0 Å². The lowest BCUT2D eigenvalue weighted by Crippen LogP contribution is -2.36. The number of rotatable bonds is 3. The van der Waals surface area contributed by atoms with Crippen LogP contribution in [0.25, 0.3) is 17.7 Å². The third-order valence-corrected chi connectivity index (χ3v) is 5.91. The molecule has 2 heteroatoms. The van der Waals surface area contributed by atoms with E-state index in [2.05, 4.69) is 79.4 Å². The molecular weight excluding hydrogens is 342 g/mol. The van der Waals surface area contributed by atoms with Crippen LogP contribution in [-0.4, -0.2) is 23.9 Å². The van der Waals surface area contributed by atoms with Crippen molar-refractivity contribution in [1.29, 1.82) is 0 Å². The number of hydrogen-bond acceptors (Lipinski definition) is 1. The number of hydrogen-bond donors (Lipinski definition) is 0. The van der Waals surface area contributed by atoms with Gasteiger partial charge in [-0.15, -0.1) is 0 Å². The SMILES string of the molecule is CC(C)CCC(=O)N1CCC(=C2c3ccccc3C=Cc3ccccc32)CC1. The highest BCUT2D eigenvalue weighted by molar-refractivity contribution is 5.95. The van der Waals surface area contributed by atoms with Gasteiger partial charge in [-0.3, -0.25) is 4.79 Å². The van der Waals surface area contributed by atoms with E-state index >= 15 is 0 Å². The Hall–Kier alpha value is -2.61. The van der Waals surface area contributed by atoms with E-state index in [1.165, 1.54) is 33.4 Å². The summed E-state index contributed by atoms with van der Waals surface area (Å²) in [5.41, 5.74) is 8.05. The molecule has 144 valence electrons. The van der Waals surface area contributed by atoms with E-state index in [0.29, 0.717) is 18.2 Å². The van der Waals surface area contributed by atoms with Crippen molar-refractivity contribution in [2.45, 2.75) is 39.5 Å². The third-order valence-electron chi connectivity index (χ3n) is 5.91. The van der Waals surface area contributed by atoms with Crippen LogP contribution in [0.2, 0.25) is 0 Å². The Morgan fingerprint density at radius 2 is 1.43 bits per heavy atom. The largest absolute Gasteiger partial charge is 0.342 e. The lowest BCUT2D eigenvalue weighted by atomic mass is 9.86. The standard InChI is InChI=1S/C26H29NO/c1-19(2)11-14-25(28)27-17-15-22(16-18-27)26-23-9-5-3-7-20(23)12-13-21-8-4-6-10-24(21)26/h3-10,12-13,19H,11,14-18H2,1-2H3. The highest BCUT2D eigenvalue weighted by Crippen LogP contribution is 2.38. The maximum absolute atomic E-state index is 12.5. The minimum atomic E-state index is 0.320. The molecule has 2 aromatic carbocycles. The molecule has 28 heavy (non-hydrogen) atoms. The fourth-order valence-corrected chi connectivity index (χ4v) is 4.29. The maximum atomic E-state index is 12.5. The van der Waals surface area contributed by atoms with Crippen LogP contribution in [0.15, 0.2) is 54.1 Å². The van der Waals surface area contributed by atoms with E-state index in [4.69, 9.17) is 0 Å². The molecule has 2 nitrogen and oxygen atoms in total. The van der Waals surface area contributed by atoms with Gasteiger partial charge in [0.15, 0.2) is 0 Å². The Labute approximate surface area is 168 Å². The molecule has 1 fully saturated rings. The second kappa shape index (κ2) is 8.18. The first-order valence-electron chi connectivity index (χ1n) is 10.5. The monoisotopic (exact) mass is 371 g/mol. The van der Waals surface area contributed by atoms with E-state index in [0.717, 1.165) is 32.4 Å². The Morgan fingerprint density at radius 3 is 1.96 bits per heavy atom. The third kappa shape index (κ3) is 3.82. The number of likely N-dealkylation sites (tertiary alicyclic amines) is 1. The normalized spacial score (nSPS) is 16.0. The highest BCUT2D eigenvalue weighted by atomic mass is 16.2.